The molecule has 0 fully saturated rings. The van der Waals surface area contributed by atoms with E-state index in [-0.39, 0.29) is 24.8 Å². The highest BCUT2D eigenvalue weighted by Gasteiger charge is 2.16. The number of phenols is 2. The quantitative estimate of drug-likeness (QED) is 0.578. The van der Waals surface area contributed by atoms with Crippen LogP contribution in [-0.2, 0) is 0 Å². The fourth-order valence-corrected chi connectivity index (χ4v) is 2.10. The summed E-state index contributed by atoms with van der Waals surface area (Å²) in [7, 11) is 8.48. The number of phenolic OH excluding ortho intramolecular Hbond substituents is 2. The zero-order valence-electron chi connectivity index (χ0n) is 16.6. The van der Waals surface area contributed by atoms with Crippen LogP contribution in [0.2, 0.25) is 0 Å². The molecule has 0 saturated heterocycles. The number of benzene rings is 2. The Hall–Kier alpha value is -1.46. The molecule has 0 bridgehead atoms. The van der Waals surface area contributed by atoms with Crippen LogP contribution >= 0.6 is 0 Å². The Morgan fingerprint density at radius 3 is 1.19 bits per heavy atom. The zero-order chi connectivity index (χ0) is 18.4. The molecular formula is C20H32Cl2N2O2. The highest BCUT2D eigenvalue weighted by Crippen LogP contribution is 2.23. The molecule has 26 heavy (non-hydrogen) atoms. The largest absolute Gasteiger partial charge is 1.00 e. The van der Waals surface area contributed by atoms with Crippen LogP contribution in [0.5, 0.6) is 11.5 Å². The van der Waals surface area contributed by atoms with E-state index in [0.717, 1.165) is 33.4 Å². The highest BCUT2D eigenvalue weighted by atomic mass is 35.5. The van der Waals surface area contributed by atoms with Gasteiger partial charge in [0.2, 0.25) is 0 Å². The molecule has 0 radical (unpaired) electrons. The average molecular weight is 403 g/mol. The Kier molecular flexibility index (Phi) is 11.6. The second-order valence-corrected chi connectivity index (χ2v) is 7.04. The number of aromatic hydroxyl groups is 2. The summed E-state index contributed by atoms with van der Waals surface area (Å²) in [6.45, 7) is 6.29. The van der Waals surface area contributed by atoms with Gasteiger partial charge in [-0.15, -0.1) is 0 Å². The topological polar surface area (TPSA) is 40.5 Å². The molecular weight excluding hydrogens is 371 g/mol. The Morgan fingerprint density at radius 2 is 0.962 bits per heavy atom. The van der Waals surface area contributed by atoms with Gasteiger partial charge < -0.3 is 35.0 Å². The summed E-state index contributed by atoms with van der Waals surface area (Å²) < 4.78 is 1.60. The van der Waals surface area contributed by atoms with E-state index in [1.54, 1.807) is 12.1 Å². The molecule has 0 spiro atoms. The first-order chi connectivity index (χ1) is 11.1. The van der Waals surface area contributed by atoms with Gasteiger partial charge in [0.1, 0.15) is 22.9 Å². The molecule has 2 rings (SSSR count). The average Bonchev–Trinajstić information content (AvgIpc) is 2.55. The van der Waals surface area contributed by atoms with Gasteiger partial charge in [0.05, 0.1) is 41.3 Å². The standard InChI is InChI=1S/2C10H15NO.2ClH/c2*1-4-11(2,3)9-6-5-7-10(12)8-9;;/h2*5-8H,4H2,1-3H3;2*1H. The molecule has 0 aliphatic carbocycles. The predicted octanol–water partition coefficient (Wildman–Crippen LogP) is -2.03. The molecule has 0 atom stereocenters. The summed E-state index contributed by atoms with van der Waals surface area (Å²) in [6.07, 6.45) is 0. The maximum absolute atomic E-state index is 9.26. The summed E-state index contributed by atoms with van der Waals surface area (Å²) in [5.74, 6) is 0.680. The third-order valence-electron chi connectivity index (χ3n) is 4.64. The molecule has 6 heteroatoms. The number of hydrogen-bond donors (Lipinski definition) is 2. The first-order valence-electron chi connectivity index (χ1n) is 8.37. The monoisotopic (exact) mass is 402 g/mol. The molecule has 0 unspecified atom stereocenters. The normalized spacial score (nSPS) is 10.7. The molecule has 2 N–H and O–H groups in total. The van der Waals surface area contributed by atoms with E-state index in [1.807, 2.05) is 36.4 Å². The molecule has 0 heterocycles. The molecule has 148 valence electrons. The van der Waals surface area contributed by atoms with Crippen LogP contribution in [0.15, 0.2) is 48.5 Å². The fraction of sp³-hybridized carbons (Fsp3) is 0.400. The Morgan fingerprint density at radius 1 is 0.654 bits per heavy atom. The van der Waals surface area contributed by atoms with Crippen molar-refractivity contribution in [1.82, 2.24) is 8.97 Å². The molecule has 0 amide bonds. The van der Waals surface area contributed by atoms with Crippen molar-refractivity contribution in [3.63, 3.8) is 0 Å². The van der Waals surface area contributed by atoms with Gasteiger partial charge in [0.25, 0.3) is 0 Å². The smallest absolute Gasteiger partial charge is 0.136 e. The van der Waals surface area contributed by atoms with E-state index < -0.39 is 0 Å². The van der Waals surface area contributed by atoms with E-state index in [0.29, 0.717) is 11.5 Å². The SMILES string of the molecule is CC[N+](C)(C)c1cccc(O)c1.CC[N+](C)(C)c1cccc(O)c1.[Cl-].[Cl-]. The molecule has 0 saturated carbocycles. The van der Waals surface area contributed by atoms with Crippen LogP contribution in [-0.4, -0.2) is 51.5 Å². The molecule has 0 aliphatic rings. The Bertz CT molecular complexity index is 604. The summed E-state index contributed by atoms with van der Waals surface area (Å²) in [6, 6.07) is 14.8. The van der Waals surface area contributed by atoms with Crippen molar-refractivity contribution >= 4 is 11.4 Å². The van der Waals surface area contributed by atoms with Gasteiger partial charge in [-0.3, -0.25) is 8.97 Å². The van der Waals surface area contributed by atoms with Gasteiger partial charge in [0.15, 0.2) is 0 Å². The lowest BCUT2D eigenvalue weighted by atomic mass is 10.2. The minimum atomic E-state index is 0. The Labute approximate surface area is 170 Å². The van der Waals surface area contributed by atoms with Crippen LogP contribution in [0, 0.1) is 0 Å². The van der Waals surface area contributed by atoms with Gasteiger partial charge in [-0.1, -0.05) is 12.1 Å². The van der Waals surface area contributed by atoms with E-state index in [4.69, 9.17) is 0 Å². The van der Waals surface area contributed by atoms with Crippen molar-refractivity contribution in [2.45, 2.75) is 13.8 Å². The fourth-order valence-electron chi connectivity index (χ4n) is 2.10. The van der Waals surface area contributed by atoms with E-state index >= 15 is 0 Å². The second-order valence-electron chi connectivity index (χ2n) is 7.04. The van der Waals surface area contributed by atoms with Gasteiger partial charge in [-0.05, 0) is 38.1 Å². The summed E-state index contributed by atoms with van der Waals surface area (Å²) in [4.78, 5) is 0. The maximum atomic E-state index is 9.26. The molecule has 2 aromatic rings. The van der Waals surface area contributed by atoms with E-state index in [1.165, 1.54) is 0 Å². The molecule has 0 aliphatic heterocycles. The summed E-state index contributed by atoms with van der Waals surface area (Å²) >= 11 is 0. The lowest BCUT2D eigenvalue weighted by Crippen LogP contribution is -3.00. The number of halogens is 2. The Balaban J connectivity index is 0. The van der Waals surface area contributed by atoms with Gasteiger partial charge >= 0.3 is 0 Å². The third kappa shape index (κ3) is 7.83. The van der Waals surface area contributed by atoms with Crippen molar-refractivity contribution in [2.75, 3.05) is 41.3 Å². The van der Waals surface area contributed by atoms with Crippen LogP contribution < -0.4 is 33.8 Å². The molecule has 0 aromatic heterocycles. The predicted molar refractivity (Wildman–Crippen MR) is 105 cm³/mol. The number of nitrogens with zero attached hydrogens (tertiary/aromatic N) is 2. The van der Waals surface area contributed by atoms with Crippen LogP contribution in [0.3, 0.4) is 0 Å². The van der Waals surface area contributed by atoms with Crippen LogP contribution in [0.4, 0.5) is 11.4 Å². The van der Waals surface area contributed by atoms with Crippen molar-refractivity contribution < 1.29 is 35.0 Å². The van der Waals surface area contributed by atoms with Gasteiger partial charge in [-0.2, -0.15) is 0 Å². The highest BCUT2D eigenvalue weighted by molar-refractivity contribution is 5.47. The minimum absolute atomic E-state index is 0. The number of quaternary nitrogens is 2. The third-order valence-corrected chi connectivity index (χ3v) is 4.64. The van der Waals surface area contributed by atoms with Crippen molar-refractivity contribution in [3.05, 3.63) is 48.5 Å². The number of rotatable bonds is 4. The lowest BCUT2D eigenvalue weighted by Gasteiger charge is -2.27. The lowest BCUT2D eigenvalue weighted by molar-refractivity contribution is -0.001000. The van der Waals surface area contributed by atoms with Gasteiger partial charge in [-0.25, -0.2) is 0 Å². The van der Waals surface area contributed by atoms with Crippen molar-refractivity contribution in [2.24, 2.45) is 0 Å². The van der Waals surface area contributed by atoms with Gasteiger partial charge in [0, 0.05) is 12.1 Å². The second kappa shape index (κ2) is 11.3. The summed E-state index contributed by atoms with van der Waals surface area (Å²) in [5, 5.41) is 18.5. The van der Waals surface area contributed by atoms with Crippen LogP contribution in [0.25, 0.3) is 0 Å². The molecule has 2 aromatic carbocycles. The summed E-state index contributed by atoms with van der Waals surface area (Å²) in [5.41, 5.74) is 2.27. The first-order valence-corrected chi connectivity index (χ1v) is 8.37. The van der Waals surface area contributed by atoms with Crippen molar-refractivity contribution in [3.8, 4) is 11.5 Å². The number of hydrogen-bond acceptors (Lipinski definition) is 2. The van der Waals surface area contributed by atoms with Crippen LogP contribution in [0.1, 0.15) is 13.8 Å². The van der Waals surface area contributed by atoms with Crippen molar-refractivity contribution in [1.29, 1.82) is 0 Å². The first kappa shape index (κ1) is 26.8. The minimum Gasteiger partial charge on any atom is -1.00 e. The molecule has 4 nitrogen and oxygen atoms in total. The zero-order valence-corrected chi connectivity index (χ0v) is 18.1. The van der Waals surface area contributed by atoms with E-state index in [9.17, 15) is 10.2 Å². The maximum Gasteiger partial charge on any atom is 0.136 e. The van der Waals surface area contributed by atoms with E-state index in [2.05, 4.69) is 42.0 Å².